The molecule has 1 aliphatic rings. The van der Waals surface area contributed by atoms with Gasteiger partial charge in [-0.05, 0) is 38.5 Å². The number of nitrogens with zero attached hydrogens (tertiary/aromatic N) is 3. The molecule has 15 heteroatoms. The average Bonchev–Trinajstić information content (AvgIpc) is 3.28. The second-order valence-corrected chi connectivity index (χ2v) is 8.04. The van der Waals surface area contributed by atoms with Crippen molar-refractivity contribution in [1.29, 1.82) is 0 Å². The fourth-order valence-electron chi connectivity index (χ4n) is 4.26. The third-order valence-corrected chi connectivity index (χ3v) is 5.94. The standard InChI is InChI=1S/C19H24N4O11/c24-9(1-2-10(25)26)14-18(32,5-3-11(27)28)19(33,6-4-12(29)30)17(34-14)23-8-22-13-15(23)20-7-21-16(13)31/h7-9,14,17,24,32-33H,1-6H2,(H,25,26)(H,27,28)(H,29,30)(H,20,21,31)/p-3/t9?,14-,17-,18-,19+/m1/s1. The van der Waals surface area contributed by atoms with E-state index in [-0.39, 0.29) is 11.2 Å². The Morgan fingerprint density at radius 3 is 2.24 bits per heavy atom. The van der Waals surface area contributed by atoms with Crippen molar-refractivity contribution in [2.75, 3.05) is 0 Å². The first-order chi connectivity index (χ1) is 15.9. The summed E-state index contributed by atoms with van der Waals surface area (Å²) in [6, 6.07) is 0. The second-order valence-electron chi connectivity index (χ2n) is 8.04. The number of rotatable bonds is 11. The number of carboxylic acid groups (broad SMARTS) is 3. The minimum Gasteiger partial charge on any atom is -0.550 e. The molecule has 1 saturated heterocycles. The predicted molar refractivity (Wildman–Crippen MR) is 101 cm³/mol. The Labute approximate surface area is 190 Å². The Bertz CT molecular complexity index is 1150. The molecule has 0 spiro atoms. The minimum atomic E-state index is -2.61. The Balaban J connectivity index is 2.15. The Hall–Kier alpha value is -3.40. The number of nitrogens with one attached hydrogen (secondary N) is 1. The monoisotopic (exact) mass is 481 g/mol. The maximum Gasteiger partial charge on any atom is 0.278 e. The van der Waals surface area contributed by atoms with Gasteiger partial charge in [-0.25, -0.2) is 9.97 Å². The summed E-state index contributed by atoms with van der Waals surface area (Å²) in [7, 11) is 0. The Kier molecular flexibility index (Phi) is 7.02. The maximum atomic E-state index is 12.0. The van der Waals surface area contributed by atoms with Gasteiger partial charge in [0.05, 0.1) is 18.8 Å². The van der Waals surface area contributed by atoms with E-state index in [9.17, 15) is 49.8 Å². The van der Waals surface area contributed by atoms with Crippen LogP contribution in [-0.2, 0) is 19.1 Å². The molecule has 2 aromatic rings. The molecule has 2 aromatic heterocycles. The molecule has 1 fully saturated rings. The van der Waals surface area contributed by atoms with Crippen LogP contribution in [0.25, 0.3) is 11.2 Å². The maximum absolute atomic E-state index is 12.0. The van der Waals surface area contributed by atoms with Gasteiger partial charge in [0, 0.05) is 17.9 Å². The van der Waals surface area contributed by atoms with Gasteiger partial charge in [-0.15, -0.1) is 0 Å². The molecule has 0 saturated carbocycles. The van der Waals surface area contributed by atoms with Crippen LogP contribution in [0.3, 0.4) is 0 Å². The van der Waals surface area contributed by atoms with Crippen LogP contribution >= 0.6 is 0 Å². The van der Waals surface area contributed by atoms with E-state index in [1.165, 1.54) is 0 Å². The van der Waals surface area contributed by atoms with Crippen molar-refractivity contribution in [2.24, 2.45) is 0 Å². The highest BCUT2D eigenvalue weighted by atomic mass is 16.6. The van der Waals surface area contributed by atoms with Gasteiger partial charge in [0.1, 0.15) is 17.3 Å². The number of ether oxygens (including phenoxy) is 1. The number of aromatic nitrogens is 4. The van der Waals surface area contributed by atoms with Crippen LogP contribution in [0, 0.1) is 0 Å². The number of aliphatic hydroxyl groups excluding tert-OH is 1. The van der Waals surface area contributed by atoms with Gasteiger partial charge in [-0.2, -0.15) is 0 Å². The molecule has 1 aliphatic heterocycles. The second kappa shape index (κ2) is 9.46. The van der Waals surface area contributed by atoms with Crippen LogP contribution in [0.4, 0.5) is 0 Å². The number of hydrogen-bond acceptors (Lipinski definition) is 13. The molecule has 5 atom stereocenters. The molecule has 186 valence electrons. The van der Waals surface area contributed by atoms with Crippen LogP contribution in [0.1, 0.15) is 44.8 Å². The lowest BCUT2D eigenvalue weighted by atomic mass is 9.72. The largest absolute Gasteiger partial charge is 0.550 e. The third-order valence-electron chi connectivity index (χ3n) is 5.94. The van der Waals surface area contributed by atoms with Gasteiger partial charge >= 0.3 is 0 Å². The number of carboxylic acids is 3. The SMILES string of the molecule is O=C([O-])CCC(O)[C@H]1O[C@@H](n2cnc3c(=O)[nH]cnc32)[C@@](O)(CCC(=O)[O-])[C@@]1(O)CCC(=O)[O-]. The predicted octanol–water partition coefficient (Wildman–Crippen LogP) is -5.57. The first-order valence-corrected chi connectivity index (χ1v) is 10.2. The van der Waals surface area contributed by atoms with Crippen LogP contribution in [0.5, 0.6) is 0 Å². The zero-order chi connectivity index (χ0) is 25.3. The number of H-pyrrole nitrogens is 1. The van der Waals surface area contributed by atoms with Crippen molar-refractivity contribution in [1.82, 2.24) is 19.5 Å². The molecule has 34 heavy (non-hydrogen) atoms. The number of aliphatic hydroxyl groups is 3. The lowest BCUT2D eigenvalue weighted by molar-refractivity contribution is -0.310. The van der Waals surface area contributed by atoms with Crippen molar-refractivity contribution < 1.29 is 49.8 Å². The molecule has 4 N–H and O–H groups in total. The number of imidazole rings is 1. The summed E-state index contributed by atoms with van der Waals surface area (Å²) >= 11 is 0. The number of fused-ring (bicyclic) bond motifs is 1. The summed E-state index contributed by atoms with van der Waals surface area (Å²) in [6.45, 7) is 0. The molecule has 0 aliphatic carbocycles. The molecule has 3 rings (SSSR count). The molecule has 0 amide bonds. The van der Waals surface area contributed by atoms with Crippen molar-refractivity contribution in [2.45, 2.75) is 68.2 Å². The van der Waals surface area contributed by atoms with Crippen LogP contribution in [-0.4, -0.2) is 76.2 Å². The highest BCUT2D eigenvalue weighted by Gasteiger charge is 2.67. The zero-order valence-electron chi connectivity index (χ0n) is 17.6. The first kappa shape index (κ1) is 25.2. The van der Waals surface area contributed by atoms with Gasteiger partial charge in [0.15, 0.2) is 17.4 Å². The zero-order valence-corrected chi connectivity index (χ0v) is 17.6. The highest BCUT2D eigenvalue weighted by molar-refractivity contribution is 5.69. The van der Waals surface area contributed by atoms with Gasteiger partial charge in [-0.1, -0.05) is 0 Å². The van der Waals surface area contributed by atoms with Crippen LogP contribution in [0.15, 0.2) is 17.4 Å². The number of carbonyl (C=O) groups excluding carboxylic acids is 3. The van der Waals surface area contributed by atoms with E-state index >= 15 is 0 Å². The van der Waals surface area contributed by atoms with Gasteiger partial charge in [-0.3, -0.25) is 9.36 Å². The van der Waals surface area contributed by atoms with E-state index < -0.39 is 91.6 Å². The summed E-state index contributed by atoms with van der Waals surface area (Å²) in [4.78, 5) is 55.3. The number of aromatic amines is 1. The summed E-state index contributed by atoms with van der Waals surface area (Å²) in [5.41, 5.74) is -6.18. The lowest BCUT2D eigenvalue weighted by Crippen LogP contribution is -2.61. The molecule has 0 bridgehead atoms. The number of hydrogen-bond donors (Lipinski definition) is 4. The topological polar surface area (TPSA) is 254 Å². The number of aliphatic carboxylic acids is 3. The van der Waals surface area contributed by atoms with Crippen LogP contribution < -0.4 is 20.9 Å². The van der Waals surface area contributed by atoms with Crippen molar-refractivity contribution in [3.8, 4) is 0 Å². The normalized spacial score (nSPS) is 27.6. The summed E-state index contributed by atoms with van der Waals surface area (Å²) in [5.74, 6) is -4.76. The summed E-state index contributed by atoms with van der Waals surface area (Å²) < 4.78 is 6.75. The quantitative estimate of drug-likeness (QED) is 0.234. The molecule has 1 unspecified atom stereocenters. The van der Waals surface area contributed by atoms with E-state index in [0.717, 1.165) is 17.2 Å². The average molecular weight is 481 g/mol. The molecule has 0 radical (unpaired) electrons. The fourth-order valence-corrected chi connectivity index (χ4v) is 4.26. The third kappa shape index (κ3) is 4.50. The smallest absolute Gasteiger partial charge is 0.278 e. The van der Waals surface area contributed by atoms with E-state index in [2.05, 4.69) is 15.0 Å². The lowest BCUT2D eigenvalue weighted by Gasteiger charge is -2.42. The molecular weight excluding hydrogens is 460 g/mol. The highest BCUT2D eigenvalue weighted by Crippen LogP contribution is 2.52. The van der Waals surface area contributed by atoms with Crippen LogP contribution in [0.2, 0.25) is 0 Å². The van der Waals surface area contributed by atoms with E-state index in [1.807, 2.05) is 0 Å². The molecule has 0 aromatic carbocycles. The number of carbonyl (C=O) groups is 3. The van der Waals surface area contributed by atoms with Gasteiger partial charge < -0.3 is 54.7 Å². The molecular formula is C19H21N4O11-3. The molecule has 15 nitrogen and oxygen atoms in total. The summed E-state index contributed by atoms with van der Waals surface area (Å²) in [5, 5.41) is 66.9. The van der Waals surface area contributed by atoms with Gasteiger partial charge in [0.25, 0.3) is 5.56 Å². The van der Waals surface area contributed by atoms with Crippen molar-refractivity contribution >= 4 is 29.1 Å². The van der Waals surface area contributed by atoms with Crippen molar-refractivity contribution in [3.63, 3.8) is 0 Å². The molecule has 3 heterocycles. The fraction of sp³-hybridized carbons (Fsp3) is 0.579. The van der Waals surface area contributed by atoms with E-state index in [4.69, 9.17) is 4.74 Å². The van der Waals surface area contributed by atoms with Gasteiger partial charge in [0.2, 0.25) is 0 Å². The van der Waals surface area contributed by atoms with E-state index in [0.29, 0.717) is 0 Å². The first-order valence-electron chi connectivity index (χ1n) is 10.2. The minimum absolute atomic E-state index is 0.132. The Morgan fingerprint density at radius 1 is 1.06 bits per heavy atom. The summed E-state index contributed by atoms with van der Waals surface area (Å²) in [6.07, 6.45) is -7.53. The van der Waals surface area contributed by atoms with Crippen molar-refractivity contribution in [3.05, 3.63) is 23.0 Å². The Morgan fingerprint density at radius 2 is 1.65 bits per heavy atom. The van der Waals surface area contributed by atoms with E-state index in [1.54, 1.807) is 0 Å².